The van der Waals surface area contributed by atoms with Crippen molar-refractivity contribution in [3.8, 4) is 11.8 Å². The Labute approximate surface area is 118 Å². The van der Waals surface area contributed by atoms with Gasteiger partial charge in [-0.15, -0.1) is 0 Å². The summed E-state index contributed by atoms with van der Waals surface area (Å²) in [7, 11) is 0. The zero-order valence-electron chi connectivity index (χ0n) is 12.5. The van der Waals surface area contributed by atoms with E-state index in [0.717, 1.165) is 51.7 Å². The number of hydrogen-bond acceptors (Lipinski definition) is 2. The van der Waals surface area contributed by atoms with Gasteiger partial charge in [0.15, 0.2) is 6.29 Å². The minimum atomic E-state index is -0.0237. The second-order valence-corrected chi connectivity index (χ2v) is 4.35. The quantitative estimate of drug-likeness (QED) is 0.311. The molecule has 108 valence electrons. The summed E-state index contributed by atoms with van der Waals surface area (Å²) in [6.07, 6.45) is 11.9. The van der Waals surface area contributed by atoms with Crippen LogP contribution in [0.4, 0.5) is 0 Å². The van der Waals surface area contributed by atoms with Crippen LogP contribution in [0.15, 0.2) is 24.8 Å². The van der Waals surface area contributed by atoms with Gasteiger partial charge in [0.2, 0.25) is 0 Å². The largest absolute Gasteiger partial charge is 0.353 e. The van der Waals surface area contributed by atoms with Crippen molar-refractivity contribution in [1.82, 2.24) is 0 Å². The van der Waals surface area contributed by atoms with E-state index in [4.69, 9.17) is 9.47 Å². The van der Waals surface area contributed by atoms with Crippen molar-refractivity contribution >= 4 is 0 Å². The SMILES string of the molecule is C=CC#C/C=C/CCCCC(OCCC)OCCC. The Hall–Kier alpha value is -1.04. The molecule has 0 spiro atoms. The standard InChI is InChI=1S/C17H28O2/c1-4-7-8-9-10-11-12-13-14-17(18-15-5-2)19-16-6-3/h4,9-10,17H,1,5-6,11-16H2,2-3H3/b10-9+. The second kappa shape index (κ2) is 15.0. The van der Waals surface area contributed by atoms with Crippen LogP contribution in [0.2, 0.25) is 0 Å². The monoisotopic (exact) mass is 264 g/mol. The molecule has 0 radical (unpaired) electrons. The molecule has 0 saturated carbocycles. The summed E-state index contributed by atoms with van der Waals surface area (Å²) in [5.41, 5.74) is 0. The average Bonchev–Trinajstić information content (AvgIpc) is 2.43. The van der Waals surface area contributed by atoms with Crippen LogP contribution >= 0.6 is 0 Å². The van der Waals surface area contributed by atoms with Gasteiger partial charge in [-0.25, -0.2) is 0 Å². The molecule has 0 heterocycles. The Balaban J connectivity index is 3.66. The first-order valence-electron chi connectivity index (χ1n) is 7.35. The highest BCUT2D eigenvalue weighted by atomic mass is 16.7. The third kappa shape index (κ3) is 13.2. The molecule has 0 aromatic heterocycles. The van der Waals surface area contributed by atoms with Gasteiger partial charge in [-0.1, -0.05) is 38.3 Å². The highest BCUT2D eigenvalue weighted by Gasteiger charge is 2.07. The Kier molecular flexibility index (Phi) is 14.2. The van der Waals surface area contributed by atoms with Gasteiger partial charge in [-0.2, -0.15) is 0 Å². The van der Waals surface area contributed by atoms with E-state index in [9.17, 15) is 0 Å². The van der Waals surface area contributed by atoms with Crippen molar-refractivity contribution in [2.24, 2.45) is 0 Å². The third-order valence-corrected chi connectivity index (χ3v) is 2.46. The summed E-state index contributed by atoms with van der Waals surface area (Å²) in [5, 5.41) is 0. The van der Waals surface area contributed by atoms with Crippen LogP contribution in [0.5, 0.6) is 0 Å². The van der Waals surface area contributed by atoms with Crippen LogP contribution in [0.25, 0.3) is 0 Å². The lowest BCUT2D eigenvalue weighted by molar-refractivity contribution is -0.146. The smallest absolute Gasteiger partial charge is 0.157 e. The molecule has 0 aromatic rings. The fraction of sp³-hybridized carbons (Fsp3) is 0.647. The Bertz CT molecular complexity index is 275. The molecule has 0 rings (SSSR count). The van der Waals surface area contributed by atoms with Gasteiger partial charge in [-0.3, -0.25) is 0 Å². The van der Waals surface area contributed by atoms with Gasteiger partial charge in [0.05, 0.1) is 0 Å². The average molecular weight is 264 g/mol. The topological polar surface area (TPSA) is 18.5 Å². The van der Waals surface area contributed by atoms with Crippen molar-refractivity contribution in [3.63, 3.8) is 0 Å². The number of ether oxygens (including phenoxy) is 2. The Morgan fingerprint density at radius 3 is 2.32 bits per heavy atom. The fourth-order valence-electron chi connectivity index (χ4n) is 1.54. The molecular formula is C17H28O2. The first-order chi connectivity index (χ1) is 9.35. The van der Waals surface area contributed by atoms with E-state index in [2.05, 4.69) is 38.3 Å². The van der Waals surface area contributed by atoms with Crippen LogP contribution < -0.4 is 0 Å². The van der Waals surface area contributed by atoms with Crippen LogP contribution in [0.3, 0.4) is 0 Å². The predicted octanol–water partition coefficient (Wildman–Crippen LogP) is 4.47. The molecule has 0 bridgehead atoms. The highest BCUT2D eigenvalue weighted by Crippen LogP contribution is 2.09. The summed E-state index contributed by atoms with van der Waals surface area (Å²) < 4.78 is 11.4. The maximum Gasteiger partial charge on any atom is 0.157 e. The van der Waals surface area contributed by atoms with Gasteiger partial charge in [0.25, 0.3) is 0 Å². The predicted molar refractivity (Wildman–Crippen MR) is 81.9 cm³/mol. The van der Waals surface area contributed by atoms with Gasteiger partial charge in [-0.05, 0) is 50.7 Å². The molecule has 2 nitrogen and oxygen atoms in total. The second-order valence-electron chi connectivity index (χ2n) is 4.35. The number of hydrogen-bond donors (Lipinski definition) is 0. The van der Waals surface area contributed by atoms with Crippen molar-refractivity contribution in [1.29, 1.82) is 0 Å². The van der Waals surface area contributed by atoms with E-state index in [-0.39, 0.29) is 6.29 Å². The van der Waals surface area contributed by atoms with E-state index in [1.165, 1.54) is 0 Å². The molecule has 0 unspecified atom stereocenters. The lowest BCUT2D eigenvalue weighted by Crippen LogP contribution is -2.18. The minimum Gasteiger partial charge on any atom is -0.353 e. The van der Waals surface area contributed by atoms with Crippen LogP contribution in [0.1, 0.15) is 52.4 Å². The summed E-state index contributed by atoms with van der Waals surface area (Å²) >= 11 is 0. The maximum absolute atomic E-state index is 5.68. The molecular weight excluding hydrogens is 236 g/mol. The lowest BCUT2D eigenvalue weighted by Gasteiger charge is -2.17. The Morgan fingerprint density at radius 1 is 1.05 bits per heavy atom. The van der Waals surface area contributed by atoms with Crippen molar-refractivity contribution < 1.29 is 9.47 Å². The molecule has 0 fully saturated rings. The first kappa shape index (κ1) is 18.0. The third-order valence-electron chi connectivity index (χ3n) is 2.46. The maximum atomic E-state index is 5.68. The molecule has 0 aliphatic carbocycles. The van der Waals surface area contributed by atoms with Crippen molar-refractivity contribution in [2.75, 3.05) is 13.2 Å². The molecule has 0 saturated heterocycles. The van der Waals surface area contributed by atoms with Crippen molar-refractivity contribution in [3.05, 3.63) is 24.8 Å². The first-order valence-corrected chi connectivity index (χ1v) is 7.35. The summed E-state index contributed by atoms with van der Waals surface area (Å²) in [5.74, 6) is 5.68. The number of unbranched alkanes of at least 4 members (excludes halogenated alkanes) is 2. The number of rotatable bonds is 11. The zero-order valence-corrected chi connectivity index (χ0v) is 12.5. The van der Waals surface area contributed by atoms with E-state index < -0.39 is 0 Å². The Morgan fingerprint density at radius 2 is 1.74 bits per heavy atom. The van der Waals surface area contributed by atoms with Gasteiger partial charge in [0, 0.05) is 13.2 Å². The summed E-state index contributed by atoms with van der Waals surface area (Å²) in [4.78, 5) is 0. The number of allylic oxidation sites excluding steroid dienone is 3. The van der Waals surface area contributed by atoms with Crippen LogP contribution in [-0.4, -0.2) is 19.5 Å². The van der Waals surface area contributed by atoms with Gasteiger partial charge >= 0.3 is 0 Å². The van der Waals surface area contributed by atoms with Gasteiger partial charge in [0.1, 0.15) is 0 Å². The summed E-state index contributed by atoms with van der Waals surface area (Å²) in [6.45, 7) is 9.34. The van der Waals surface area contributed by atoms with E-state index in [1.807, 2.05) is 6.08 Å². The normalized spacial score (nSPS) is 10.7. The van der Waals surface area contributed by atoms with Crippen LogP contribution in [-0.2, 0) is 9.47 Å². The van der Waals surface area contributed by atoms with E-state index >= 15 is 0 Å². The zero-order chi connectivity index (χ0) is 14.2. The highest BCUT2D eigenvalue weighted by molar-refractivity contribution is 5.21. The fourth-order valence-corrected chi connectivity index (χ4v) is 1.54. The molecule has 0 aromatic carbocycles. The molecule has 0 atom stereocenters. The molecule has 0 aliphatic rings. The lowest BCUT2D eigenvalue weighted by atomic mass is 10.2. The molecule has 19 heavy (non-hydrogen) atoms. The van der Waals surface area contributed by atoms with Crippen LogP contribution in [0, 0.1) is 11.8 Å². The minimum absolute atomic E-state index is 0.0237. The van der Waals surface area contributed by atoms with E-state index in [1.54, 1.807) is 6.08 Å². The van der Waals surface area contributed by atoms with E-state index in [0.29, 0.717) is 0 Å². The summed E-state index contributed by atoms with van der Waals surface area (Å²) in [6, 6.07) is 0. The molecule has 0 amide bonds. The molecule has 2 heteroatoms. The molecule has 0 aliphatic heterocycles. The van der Waals surface area contributed by atoms with Crippen molar-refractivity contribution in [2.45, 2.75) is 58.7 Å². The molecule has 0 N–H and O–H groups in total. The van der Waals surface area contributed by atoms with Gasteiger partial charge < -0.3 is 9.47 Å².